The van der Waals surface area contributed by atoms with E-state index in [1.807, 2.05) is 0 Å². The molecule has 2 nitrogen and oxygen atoms in total. The third-order valence-corrected chi connectivity index (χ3v) is 5.19. The third kappa shape index (κ3) is 3.45. The molecule has 0 heterocycles. The van der Waals surface area contributed by atoms with Crippen molar-refractivity contribution in [2.24, 2.45) is 5.92 Å². The van der Waals surface area contributed by atoms with Crippen LogP contribution in [0.15, 0.2) is 0 Å². The van der Waals surface area contributed by atoms with Crippen LogP contribution in [0.25, 0.3) is 0 Å². The molecule has 2 saturated carbocycles. The highest BCUT2D eigenvalue weighted by Crippen LogP contribution is 2.31. The molecule has 17 heavy (non-hydrogen) atoms. The Morgan fingerprint density at radius 1 is 0.941 bits per heavy atom. The van der Waals surface area contributed by atoms with Crippen molar-refractivity contribution in [1.29, 1.82) is 0 Å². The van der Waals surface area contributed by atoms with Crippen LogP contribution in [0.1, 0.15) is 58.3 Å². The summed E-state index contributed by atoms with van der Waals surface area (Å²) in [6.45, 7) is 2.41. The van der Waals surface area contributed by atoms with E-state index in [0.29, 0.717) is 0 Å². The van der Waals surface area contributed by atoms with Crippen molar-refractivity contribution in [3.8, 4) is 0 Å². The summed E-state index contributed by atoms with van der Waals surface area (Å²) >= 11 is 0. The lowest BCUT2D eigenvalue weighted by atomic mass is 9.84. The van der Waals surface area contributed by atoms with Gasteiger partial charge in [0.05, 0.1) is 0 Å². The summed E-state index contributed by atoms with van der Waals surface area (Å²) < 4.78 is 0. The van der Waals surface area contributed by atoms with Crippen LogP contribution in [-0.2, 0) is 0 Å². The van der Waals surface area contributed by atoms with Gasteiger partial charge in [0.25, 0.3) is 0 Å². The van der Waals surface area contributed by atoms with Crippen LogP contribution in [0.5, 0.6) is 0 Å². The third-order valence-electron chi connectivity index (χ3n) is 5.19. The van der Waals surface area contributed by atoms with Crippen LogP contribution in [0.2, 0.25) is 0 Å². The van der Waals surface area contributed by atoms with Crippen LogP contribution in [-0.4, -0.2) is 37.1 Å². The topological polar surface area (TPSA) is 15.3 Å². The molecule has 1 N–H and O–H groups in total. The van der Waals surface area contributed by atoms with Crippen molar-refractivity contribution in [1.82, 2.24) is 10.2 Å². The highest BCUT2D eigenvalue weighted by atomic mass is 15.2. The van der Waals surface area contributed by atoms with Gasteiger partial charge >= 0.3 is 0 Å². The molecule has 0 aromatic carbocycles. The lowest BCUT2D eigenvalue weighted by Gasteiger charge is -2.42. The minimum atomic E-state index is 0.763. The van der Waals surface area contributed by atoms with Gasteiger partial charge in [-0.15, -0.1) is 0 Å². The monoisotopic (exact) mass is 238 g/mol. The van der Waals surface area contributed by atoms with E-state index in [9.17, 15) is 0 Å². The fourth-order valence-electron chi connectivity index (χ4n) is 3.74. The second kappa shape index (κ2) is 6.19. The number of nitrogens with one attached hydrogen (secondary N) is 1. The summed E-state index contributed by atoms with van der Waals surface area (Å²) in [7, 11) is 4.50. The van der Waals surface area contributed by atoms with Crippen molar-refractivity contribution in [3.05, 3.63) is 0 Å². The van der Waals surface area contributed by atoms with Crippen molar-refractivity contribution < 1.29 is 0 Å². The van der Waals surface area contributed by atoms with Crippen molar-refractivity contribution in [2.75, 3.05) is 14.1 Å². The molecule has 0 amide bonds. The largest absolute Gasteiger partial charge is 0.317 e. The van der Waals surface area contributed by atoms with Gasteiger partial charge in [0.15, 0.2) is 0 Å². The molecular formula is C15H30N2. The summed E-state index contributed by atoms with van der Waals surface area (Å²) in [6.07, 6.45) is 11.3. The average Bonchev–Trinajstić information content (AvgIpc) is 2.39. The Labute approximate surface area is 107 Å². The van der Waals surface area contributed by atoms with Crippen LogP contribution in [0, 0.1) is 5.92 Å². The van der Waals surface area contributed by atoms with E-state index in [0.717, 1.165) is 24.0 Å². The van der Waals surface area contributed by atoms with Crippen molar-refractivity contribution >= 4 is 0 Å². The molecule has 0 aliphatic heterocycles. The summed E-state index contributed by atoms with van der Waals surface area (Å²) in [5.41, 5.74) is 0. The number of hydrogen-bond donors (Lipinski definition) is 1. The van der Waals surface area contributed by atoms with Gasteiger partial charge in [-0.2, -0.15) is 0 Å². The van der Waals surface area contributed by atoms with Gasteiger partial charge in [0.1, 0.15) is 0 Å². The van der Waals surface area contributed by atoms with Gasteiger partial charge in [-0.1, -0.05) is 13.3 Å². The van der Waals surface area contributed by atoms with Gasteiger partial charge in [-0.3, -0.25) is 0 Å². The summed E-state index contributed by atoms with van der Waals surface area (Å²) in [4.78, 5) is 2.72. The summed E-state index contributed by atoms with van der Waals surface area (Å²) in [6, 6.07) is 2.46. The zero-order chi connectivity index (χ0) is 12.3. The zero-order valence-electron chi connectivity index (χ0n) is 11.9. The van der Waals surface area contributed by atoms with E-state index in [1.54, 1.807) is 0 Å². The fourth-order valence-corrected chi connectivity index (χ4v) is 3.74. The molecular weight excluding hydrogens is 208 g/mol. The molecule has 0 aromatic heterocycles. The molecule has 2 atom stereocenters. The van der Waals surface area contributed by atoms with Crippen LogP contribution < -0.4 is 5.32 Å². The zero-order valence-corrected chi connectivity index (χ0v) is 11.9. The lowest BCUT2D eigenvalue weighted by Crippen LogP contribution is -2.47. The molecule has 2 fully saturated rings. The molecule has 2 aliphatic rings. The Kier molecular flexibility index (Phi) is 4.87. The Morgan fingerprint density at radius 2 is 1.65 bits per heavy atom. The lowest BCUT2D eigenvalue weighted by molar-refractivity contribution is 0.0916. The van der Waals surface area contributed by atoms with Crippen LogP contribution >= 0.6 is 0 Å². The number of rotatable bonds is 3. The minimum Gasteiger partial charge on any atom is -0.317 e. The van der Waals surface area contributed by atoms with Gasteiger partial charge in [-0.05, 0) is 65.0 Å². The smallest absolute Gasteiger partial charge is 0.0110 e. The molecule has 2 heteroatoms. The first kappa shape index (κ1) is 13.4. The van der Waals surface area contributed by atoms with E-state index in [1.165, 1.54) is 51.4 Å². The second-order valence-corrected chi connectivity index (χ2v) is 6.39. The standard InChI is InChI=1S/C15H30N2/c1-12-7-9-14(10-8-12)17(3)15-6-4-5-13(11-15)16-2/h12-16H,4-11H2,1-3H3. The molecule has 0 radical (unpaired) electrons. The van der Waals surface area contributed by atoms with Gasteiger partial charge in [0.2, 0.25) is 0 Å². The maximum Gasteiger partial charge on any atom is 0.0110 e. The first-order valence-electron chi connectivity index (χ1n) is 7.60. The van der Waals surface area contributed by atoms with Gasteiger partial charge in [0, 0.05) is 18.1 Å². The molecule has 0 spiro atoms. The summed E-state index contributed by atoms with van der Waals surface area (Å²) in [5.74, 6) is 0.969. The van der Waals surface area contributed by atoms with Gasteiger partial charge in [-0.25, -0.2) is 0 Å². The predicted molar refractivity (Wildman–Crippen MR) is 74.3 cm³/mol. The molecule has 0 aromatic rings. The molecule has 2 rings (SSSR count). The van der Waals surface area contributed by atoms with E-state index in [2.05, 4.69) is 31.2 Å². The van der Waals surface area contributed by atoms with Crippen LogP contribution in [0.3, 0.4) is 0 Å². The predicted octanol–water partition coefficient (Wildman–Crippen LogP) is 3.03. The molecule has 0 saturated heterocycles. The van der Waals surface area contributed by atoms with Crippen LogP contribution in [0.4, 0.5) is 0 Å². The maximum atomic E-state index is 3.47. The Bertz CT molecular complexity index is 221. The normalized spacial score (nSPS) is 39.5. The first-order valence-corrected chi connectivity index (χ1v) is 7.60. The van der Waals surface area contributed by atoms with Crippen molar-refractivity contribution in [2.45, 2.75) is 76.4 Å². The number of hydrogen-bond acceptors (Lipinski definition) is 2. The molecule has 2 unspecified atom stereocenters. The first-order chi connectivity index (χ1) is 8.20. The Balaban J connectivity index is 1.84. The van der Waals surface area contributed by atoms with Gasteiger partial charge < -0.3 is 10.2 Å². The molecule has 2 aliphatic carbocycles. The maximum absolute atomic E-state index is 3.47. The highest BCUT2D eigenvalue weighted by Gasteiger charge is 2.29. The second-order valence-electron chi connectivity index (χ2n) is 6.39. The van der Waals surface area contributed by atoms with Crippen molar-refractivity contribution in [3.63, 3.8) is 0 Å². The summed E-state index contributed by atoms with van der Waals surface area (Å²) in [5, 5.41) is 3.47. The molecule has 0 bridgehead atoms. The van der Waals surface area contributed by atoms with E-state index in [-0.39, 0.29) is 0 Å². The average molecular weight is 238 g/mol. The molecule has 100 valence electrons. The van der Waals surface area contributed by atoms with E-state index in [4.69, 9.17) is 0 Å². The quantitative estimate of drug-likeness (QED) is 0.813. The van der Waals surface area contributed by atoms with E-state index >= 15 is 0 Å². The Hall–Kier alpha value is -0.0800. The Morgan fingerprint density at radius 3 is 2.29 bits per heavy atom. The fraction of sp³-hybridized carbons (Fsp3) is 1.00. The highest BCUT2D eigenvalue weighted by molar-refractivity contribution is 4.86. The van der Waals surface area contributed by atoms with E-state index < -0.39 is 0 Å². The minimum absolute atomic E-state index is 0.763. The number of nitrogens with zero attached hydrogens (tertiary/aromatic N) is 1. The SMILES string of the molecule is CNC1CCCC(N(C)C2CCC(C)CC2)C1.